The number of aryl methyl sites for hydroxylation is 2. The Balaban J connectivity index is 1.43. The summed E-state index contributed by atoms with van der Waals surface area (Å²) in [5.41, 5.74) is 4.03. The van der Waals surface area contributed by atoms with Gasteiger partial charge in [0, 0.05) is 43.0 Å². The Morgan fingerprint density at radius 1 is 0.923 bits per heavy atom. The van der Waals surface area contributed by atoms with E-state index in [2.05, 4.69) is 19.9 Å². The maximum absolute atomic E-state index is 12.9. The van der Waals surface area contributed by atoms with E-state index in [-0.39, 0.29) is 5.82 Å². The van der Waals surface area contributed by atoms with Crippen molar-refractivity contribution in [1.82, 2.24) is 19.9 Å². The van der Waals surface area contributed by atoms with Gasteiger partial charge in [0.2, 0.25) is 0 Å². The van der Waals surface area contributed by atoms with Crippen molar-refractivity contribution in [3.05, 3.63) is 88.5 Å². The summed E-state index contributed by atoms with van der Waals surface area (Å²) in [4.78, 5) is 16.3. The summed E-state index contributed by atoms with van der Waals surface area (Å²) in [6, 6.07) is 8.44. The van der Waals surface area contributed by atoms with Gasteiger partial charge in [0.1, 0.15) is 17.3 Å². The number of benzene rings is 1. The molecule has 0 aliphatic heterocycles. The van der Waals surface area contributed by atoms with Crippen LogP contribution in [0.25, 0.3) is 11.0 Å². The molecule has 4 aromatic rings. The van der Waals surface area contributed by atoms with Crippen LogP contribution in [0.1, 0.15) is 22.5 Å². The zero-order valence-electron chi connectivity index (χ0n) is 13.9. The van der Waals surface area contributed by atoms with E-state index in [0.717, 1.165) is 46.4 Å². The topological polar surface area (TPSA) is 54.5 Å². The molecule has 0 fully saturated rings. The van der Waals surface area contributed by atoms with E-state index in [9.17, 15) is 4.39 Å². The molecule has 0 amide bonds. The molecule has 1 N–H and O–H groups in total. The number of nitrogens with zero attached hydrogens (tertiary/aromatic N) is 3. The molecule has 0 spiro atoms. The van der Waals surface area contributed by atoms with Crippen LogP contribution in [-0.4, -0.2) is 19.9 Å². The Kier molecular flexibility index (Phi) is 4.63. The molecular formula is C20H16ClFN4. The van der Waals surface area contributed by atoms with E-state index in [1.165, 1.54) is 12.1 Å². The van der Waals surface area contributed by atoms with Gasteiger partial charge in [-0.25, -0.2) is 19.3 Å². The molecule has 6 heteroatoms. The lowest BCUT2D eigenvalue weighted by Gasteiger charge is -2.03. The average molecular weight is 367 g/mol. The molecule has 4 nitrogen and oxygen atoms in total. The van der Waals surface area contributed by atoms with Gasteiger partial charge in [0.25, 0.3) is 0 Å². The molecule has 0 aliphatic rings. The third kappa shape index (κ3) is 3.73. The molecule has 0 saturated carbocycles. The zero-order chi connectivity index (χ0) is 17.9. The fraction of sp³-hybridized carbons (Fsp3) is 0.150. The van der Waals surface area contributed by atoms with Gasteiger partial charge in [-0.1, -0.05) is 23.7 Å². The number of aromatic nitrogens is 4. The van der Waals surface area contributed by atoms with Gasteiger partial charge in [-0.05, 0) is 41.3 Å². The van der Waals surface area contributed by atoms with Crippen molar-refractivity contribution < 1.29 is 4.39 Å². The Hall–Kier alpha value is -2.79. The van der Waals surface area contributed by atoms with Gasteiger partial charge in [-0.15, -0.1) is 0 Å². The van der Waals surface area contributed by atoms with Crippen molar-refractivity contribution in [2.24, 2.45) is 0 Å². The number of rotatable bonds is 5. The summed E-state index contributed by atoms with van der Waals surface area (Å²) in [6.07, 6.45) is 9.48. The van der Waals surface area contributed by atoms with Gasteiger partial charge in [0.05, 0.1) is 5.02 Å². The number of aromatic amines is 1. The summed E-state index contributed by atoms with van der Waals surface area (Å²) in [7, 11) is 0. The lowest BCUT2D eigenvalue weighted by molar-refractivity contribution is 0.627. The molecule has 4 rings (SSSR count). The second kappa shape index (κ2) is 7.22. The number of H-pyrrole nitrogens is 1. The quantitative estimate of drug-likeness (QED) is 0.565. The van der Waals surface area contributed by atoms with Gasteiger partial charge < -0.3 is 4.98 Å². The molecule has 0 aliphatic carbocycles. The van der Waals surface area contributed by atoms with E-state index in [1.54, 1.807) is 18.3 Å². The minimum Gasteiger partial charge on any atom is -0.346 e. The Morgan fingerprint density at radius 2 is 1.69 bits per heavy atom. The van der Waals surface area contributed by atoms with Crippen LogP contribution in [0.3, 0.4) is 0 Å². The van der Waals surface area contributed by atoms with E-state index in [1.807, 2.05) is 24.7 Å². The van der Waals surface area contributed by atoms with Crippen molar-refractivity contribution in [1.29, 1.82) is 0 Å². The van der Waals surface area contributed by atoms with Crippen LogP contribution in [0.4, 0.5) is 4.39 Å². The van der Waals surface area contributed by atoms with Gasteiger partial charge in [-0.3, -0.25) is 0 Å². The molecule has 0 radical (unpaired) electrons. The lowest BCUT2D eigenvalue weighted by Crippen LogP contribution is -2.00. The van der Waals surface area contributed by atoms with Gasteiger partial charge in [0.15, 0.2) is 0 Å². The van der Waals surface area contributed by atoms with Crippen LogP contribution in [0.2, 0.25) is 5.02 Å². The van der Waals surface area contributed by atoms with Crippen molar-refractivity contribution in [3.8, 4) is 0 Å². The first-order valence-electron chi connectivity index (χ1n) is 8.33. The number of fused-ring (bicyclic) bond motifs is 1. The maximum Gasteiger partial charge on any atom is 0.137 e. The molecule has 0 bridgehead atoms. The monoisotopic (exact) mass is 366 g/mol. The standard InChI is InChI=1S/C20H16ClFN4/c21-16-8-18-15(11-25-20(18)26-12-16)7-14-9-23-19(24-10-14)6-3-13-1-4-17(22)5-2-13/h1-2,4-5,8-12H,3,6-7H2,(H,25,26). The van der Waals surface area contributed by atoms with Crippen molar-refractivity contribution in [2.45, 2.75) is 19.3 Å². The second-order valence-electron chi connectivity index (χ2n) is 6.17. The number of hydrogen-bond donors (Lipinski definition) is 1. The summed E-state index contributed by atoms with van der Waals surface area (Å²) < 4.78 is 12.9. The van der Waals surface area contributed by atoms with Crippen LogP contribution in [0.5, 0.6) is 0 Å². The SMILES string of the molecule is Fc1ccc(CCc2ncc(Cc3c[nH]c4ncc(Cl)cc34)cn2)cc1. The Labute approximate surface area is 155 Å². The zero-order valence-corrected chi connectivity index (χ0v) is 14.7. The fourth-order valence-corrected chi connectivity index (χ4v) is 3.07. The van der Waals surface area contributed by atoms with Crippen molar-refractivity contribution in [2.75, 3.05) is 0 Å². The first-order chi connectivity index (χ1) is 12.7. The van der Waals surface area contributed by atoms with E-state index < -0.39 is 0 Å². The molecule has 3 heterocycles. The van der Waals surface area contributed by atoms with E-state index in [4.69, 9.17) is 11.6 Å². The molecule has 0 atom stereocenters. The highest BCUT2D eigenvalue weighted by atomic mass is 35.5. The van der Waals surface area contributed by atoms with Crippen LogP contribution in [0.15, 0.2) is 55.1 Å². The van der Waals surface area contributed by atoms with Crippen LogP contribution in [-0.2, 0) is 19.3 Å². The minimum atomic E-state index is -0.219. The van der Waals surface area contributed by atoms with E-state index in [0.29, 0.717) is 11.4 Å². The number of halogens is 2. The number of pyridine rings is 1. The summed E-state index contributed by atoms with van der Waals surface area (Å²) in [5, 5.41) is 1.63. The average Bonchev–Trinajstić information content (AvgIpc) is 3.04. The van der Waals surface area contributed by atoms with Gasteiger partial charge in [-0.2, -0.15) is 0 Å². The van der Waals surface area contributed by atoms with Gasteiger partial charge >= 0.3 is 0 Å². The fourth-order valence-electron chi connectivity index (χ4n) is 2.91. The smallest absolute Gasteiger partial charge is 0.137 e. The van der Waals surface area contributed by atoms with Crippen LogP contribution >= 0.6 is 11.6 Å². The third-order valence-electron chi connectivity index (χ3n) is 4.29. The van der Waals surface area contributed by atoms with Crippen molar-refractivity contribution >= 4 is 22.6 Å². The first kappa shape index (κ1) is 16.7. The highest BCUT2D eigenvalue weighted by Gasteiger charge is 2.07. The van der Waals surface area contributed by atoms with Crippen molar-refractivity contribution in [3.63, 3.8) is 0 Å². The lowest BCUT2D eigenvalue weighted by atomic mass is 10.1. The molecule has 3 aromatic heterocycles. The summed E-state index contributed by atoms with van der Waals surface area (Å²) in [6.45, 7) is 0. The summed E-state index contributed by atoms with van der Waals surface area (Å²) >= 11 is 6.04. The molecular weight excluding hydrogens is 351 g/mol. The first-order valence-corrected chi connectivity index (χ1v) is 8.71. The predicted molar refractivity (Wildman–Crippen MR) is 99.7 cm³/mol. The normalized spacial score (nSPS) is 11.2. The highest BCUT2D eigenvalue weighted by molar-refractivity contribution is 6.31. The molecule has 0 saturated heterocycles. The number of hydrogen-bond acceptors (Lipinski definition) is 3. The number of nitrogens with one attached hydrogen (secondary N) is 1. The minimum absolute atomic E-state index is 0.219. The highest BCUT2D eigenvalue weighted by Crippen LogP contribution is 2.22. The van der Waals surface area contributed by atoms with Crippen LogP contribution < -0.4 is 0 Å². The Morgan fingerprint density at radius 3 is 2.46 bits per heavy atom. The predicted octanol–water partition coefficient (Wildman–Crippen LogP) is 4.52. The Bertz CT molecular complexity index is 1030. The molecule has 26 heavy (non-hydrogen) atoms. The van der Waals surface area contributed by atoms with Crippen LogP contribution in [0, 0.1) is 5.82 Å². The molecule has 1 aromatic carbocycles. The third-order valence-corrected chi connectivity index (χ3v) is 4.49. The molecule has 130 valence electrons. The summed E-state index contributed by atoms with van der Waals surface area (Å²) in [5.74, 6) is 0.560. The molecule has 0 unspecified atom stereocenters. The largest absolute Gasteiger partial charge is 0.346 e. The maximum atomic E-state index is 12.9. The second-order valence-corrected chi connectivity index (χ2v) is 6.61. The van der Waals surface area contributed by atoms with E-state index >= 15 is 0 Å².